The molecule has 3 rings (SSSR count). The molecule has 1 amide bonds. The maximum Gasteiger partial charge on any atom is 0.434 e. The first-order chi connectivity index (χ1) is 15.1. The number of anilines is 1. The van der Waals surface area contributed by atoms with Crippen LogP contribution in [0, 0.1) is 18.3 Å². The summed E-state index contributed by atoms with van der Waals surface area (Å²) in [5, 5.41) is 10.9. The highest BCUT2D eigenvalue weighted by atomic mass is 79.9. The number of benzene rings is 2. The summed E-state index contributed by atoms with van der Waals surface area (Å²) in [5.74, 6) is 0.734. The summed E-state index contributed by atoms with van der Waals surface area (Å²) >= 11 is 4.95. The minimum atomic E-state index is -0.797. The number of rotatable bonds is 4. The lowest BCUT2D eigenvalue weighted by atomic mass is 10.2. The van der Waals surface area contributed by atoms with Crippen molar-refractivity contribution in [2.45, 2.75) is 45.1 Å². The zero-order chi connectivity index (χ0) is 23.6. The zero-order valence-electron chi connectivity index (χ0n) is 18.5. The van der Waals surface area contributed by atoms with Gasteiger partial charge in [-0.25, -0.2) is 9.78 Å². The standard InChI is InChI=1S/C23H23BrN4O3S/c1-6-32-20-8-7-15(12-25)10-19(20)28(22(30)31-23(3,4)5)27-13-26-18-9-14(2)17(24)11-16(18)21(27)29/h7-11,13H,6H2,1-5H3. The second kappa shape index (κ2) is 9.35. The Bertz CT molecular complexity index is 1290. The number of ether oxygens (including phenoxy) is 1. The number of fused-ring (bicyclic) bond motifs is 1. The molecule has 0 unspecified atom stereocenters. The van der Waals surface area contributed by atoms with E-state index in [2.05, 4.69) is 27.0 Å². The summed E-state index contributed by atoms with van der Waals surface area (Å²) in [7, 11) is 0. The molecule has 1 aromatic heterocycles. The molecule has 166 valence electrons. The fraction of sp³-hybridized carbons (Fsp3) is 0.304. The number of carbonyl (C=O) groups is 1. The Morgan fingerprint density at radius 1 is 1.31 bits per heavy atom. The van der Waals surface area contributed by atoms with Crippen molar-refractivity contribution in [2.75, 3.05) is 10.8 Å². The predicted molar refractivity (Wildman–Crippen MR) is 130 cm³/mol. The molecule has 9 heteroatoms. The Balaban J connectivity index is 2.32. The smallest absolute Gasteiger partial charge is 0.434 e. The SMILES string of the molecule is CCSc1ccc(C#N)cc1N(C(=O)OC(C)(C)C)n1cnc2cc(C)c(Br)cc2c1=O. The molecule has 2 aromatic carbocycles. The number of amides is 1. The van der Waals surface area contributed by atoms with E-state index < -0.39 is 17.3 Å². The molecule has 0 bridgehead atoms. The van der Waals surface area contributed by atoms with Gasteiger partial charge in [-0.3, -0.25) is 4.79 Å². The lowest BCUT2D eigenvalue weighted by molar-refractivity contribution is 0.0561. The first-order valence-electron chi connectivity index (χ1n) is 9.93. The van der Waals surface area contributed by atoms with Crippen LogP contribution in [-0.4, -0.2) is 27.1 Å². The maximum atomic E-state index is 13.5. The van der Waals surface area contributed by atoms with E-state index in [0.29, 0.717) is 22.2 Å². The Morgan fingerprint density at radius 3 is 2.66 bits per heavy atom. The Labute approximate surface area is 199 Å². The molecule has 0 atom stereocenters. The van der Waals surface area contributed by atoms with E-state index in [1.807, 2.05) is 13.8 Å². The third-order valence-electron chi connectivity index (χ3n) is 4.42. The van der Waals surface area contributed by atoms with Crippen LogP contribution in [0.2, 0.25) is 0 Å². The molecule has 0 radical (unpaired) electrons. The van der Waals surface area contributed by atoms with Crippen LogP contribution in [0.3, 0.4) is 0 Å². The highest BCUT2D eigenvalue weighted by Gasteiger charge is 2.28. The van der Waals surface area contributed by atoms with E-state index in [-0.39, 0.29) is 0 Å². The lowest BCUT2D eigenvalue weighted by Crippen LogP contribution is -2.45. The highest BCUT2D eigenvalue weighted by Crippen LogP contribution is 2.32. The Hall–Kier alpha value is -2.83. The number of hydrogen-bond acceptors (Lipinski definition) is 6. The van der Waals surface area contributed by atoms with E-state index in [9.17, 15) is 14.9 Å². The topological polar surface area (TPSA) is 88.2 Å². The number of carbonyl (C=O) groups excluding carboxylic acids is 1. The van der Waals surface area contributed by atoms with Crippen LogP contribution in [0.25, 0.3) is 10.9 Å². The van der Waals surface area contributed by atoms with Gasteiger partial charge in [0, 0.05) is 9.37 Å². The number of nitrogens with zero attached hydrogens (tertiary/aromatic N) is 4. The van der Waals surface area contributed by atoms with Crippen molar-refractivity contribution in [2.24, 2.45) is 0 Å². The van der Waals surface area contributed by atoms with E-state index >= 15 is 0 Å². The second-order valence-electron chi connectivity index (χ2n) is 8.03. The van der Waals surface area contributed by atoms with Crippen LogP contribution in [0.5, 0.6) is 0 Å². The van der Waals surface area contributed by atoms with Crippen molar-refractivity contribution in [3.63, 3.8) is 0 Å². The van der Waals surface area contributed by atoms with Crippen molar-refractivity contribution in [1.29, 1.82) is 5.26 Å². The van der Waals surface area contributed by atoms with Gasteiger partial charge >= 0.3 is 6.09 Å². The summed E-state index contributed by atoms with van der Waals surface area (Å²) in [6, 6.07) is 10.6. The molecule has 0 spiro atoms. The van der Waals surface area contributed by atoms with E-state index in [1.165, 1.54) is 18.1 Å². The van der Waals surface area contributed by atoms with Crippen LogP contribution >= 0.6 is 27.7 Å². The summed E-state index contributed by atoms with van der Waals surface area (Å²) in [6.45, 7) is 9.13. The fourth-order valence-corrected chi connectivity index (χ4v) is 4.13. The van der Waals surface area contributed by atoms with Gasteiger partial charge in [0.15, 0.2) is 0 Å². The van der Waals surface area contributed by atoms with Gasteiger partial charge in [-0.15, -0.1) is 11.8 Å². The van der Waals surface area contributed by atoms with Crippen molar-refractivity contribution >= 4 is 50.4 Å². The summed E-state index contributed by atoms with van der Waals surface area (Å²) < 4.78 is 7.52. The number of thioether (sulfide) groups is 1. The molecule has 0 saturated heterocycles. The van der Waals surface area contributed by atoms with Crippen molar-refractivity contribution in [1.82, 2.24) is 9.66 Å². The van der Waals surface area contributed by atoms with Crippen LogP contribution in [0.15, 0.2) is 50.8 Å². The minimum Gasteiger partial charge on any atom is -0.442 e. The molecule has 3 aromatic rings. The van der Waals surface area contributed by atoms with Gasteiger partial charge in [-0.05, 0) is 69.3 Å². The summed E-state index contributed by atoms with van der Waals surface area (Å²) in [4.78, 5) is 32.0. The summed E-state index contributed by atoms with van der Waals surface area (Å²) in [5.41, 5.74) is 0.957. The molecule has 32 heavy (non-hydrogen) atoms. The number of nitriles is 1. The highest BCUT2D eigenvalue weighted by molar-refractivity contribution is 9.10. The molecule has 1 heterocycles. The second-order valence-corrected chi connectivity index (χ2v) is 10.2. The maximum absolute atomic E-state index is 13.5. The number of halogens is 1. The monoisotopic (exact) mass is 514 g/mol. The van der Waals surface area contributed by atoms with Crippen molar-refractivity contribution in [3.8, 4) is 6.07 Å². The van der Waals surface area contributed by atoms with Gasteiger partial charge in [-0.1, -0.05) is 22.9 Å². The number of hydrogen-bond donors (Lipinski definition) is 0. The van der Waals surface area contributed by atoms with Gasteiger partial charge in [0.2, 0.25) is 0 Å². The first-order valence-corrected chi connectivity index (χ1v) is 11.7. The minimum absolute atomic E-state index is 0.347. The quantitative estimate of drug-likeness (QED) is 0.417. The molecular formula is C23H23BrN4O3S. The molecule has 7 nitrogen and oxygen atoms in total. The fourth-order valence-electron chi connectivity index (χ4n) is 3.02. The van der Waals surface area contributed by atoms with Crippen molar-refractivity contribution in [3.05, 3.63) is 62.6 Å². The third-order valence-corrected chi connectivity index (χ3v) is 6.22. The first kappa shape index (κ1) is 23.8. The number of aromatic nitrogens is 2. The molecule has 0 saturated carbocycles. The average molecular weight is 515 g/mol. The number of aryl methyl sites for hydroxylation is 1. The van der Waals surface area contributed by atoms with Gasteiger partial charge in [0.25, 0.3) is 5.56 Å². The zero-order valence-corrected chi connectivity index (χ0v) is 20.9. The molecule has 0 fully saturated rings. The predicted octanol–water partition coefficient (Wildman–Crippen LogP) is 5.66. The molecular weight excluding hydrogens is 492 g/mol. The van der Waals surface area contributed by atoms with Crippen LogP contribution in [0.1, 0.15) is 38.8 Å². The van der Waals surface area contributed by atoms with Gasteiger partial charge in [0.1, 0.15) is 11.9 Å². The normalized spacial score (nSPS) is 11.3. The molecule has 0 aliphatic heterocycles. The van der Waals surface area contributed by atoms with Gasteiger partial charge < -0.3 is 4.74 Å². The average Bonchev–Trinajstić information content (AvgIpc) is 2.71. The van der Waals surface area contributed by atoms with E-state index in [1.54, 1.807) is 51.1 Å². The van der Waals surface area contributed by atoms with E-state index in [4.69, 9.17) is 4.74 Å². The Kier molecular flexibility index (Phi) is 6.96. The third kappa shape index (κ3) is 4.97. The summed E-state index contributed by atoms with van der Waals surface area (Å²) in [6.07, 6.45) is 0.557. The lowest BCUT2D eigenvalue weighted by Gasteiger charge is -2.29. The van der Waals surface area contributed by atoms with E-state index in [0.717, 1.165) is 30.4 Å². The molecule has 0 aliphatic rings. The van der Waals surface area contributed by atoms with Crippen LogP contribution < -0.4 is 10.6 Å². The Morgan fingerprint density at radius 2 is 2.03 bits per heavy atom. The van der Waals surface area contributed by atoms with Gasteiger partial charge in [0.05, 0.1) is 28.2 Å². The van der Waals surface area contributed by atoms with Gasteiger partial charge in [-0.2, -0.15) is 14.9 Å². The molecule has 0 N–H and O–H groups in total. The van der Waals surface area contributed by atoms with Crippen LogP contribution in [-0.2, 0) is 4.74 Å². The van der Waals surface area contributed by atoms with Crippen molar-refractivity contribution < 1.29 is 9.53 Å². The molecule has 0 aliphatic carbocycles. The van der Waals surface area contributed by atoms with Crippen LogP contribution in [0.4, 0.5) is 10.5 Å². The largest absolute Gasteiger partial charge is 0.442 e.